The van der Waals surface area contributed by atoms with Crippen molar-refractivity contribution >= 4 is 101 Å². The minimum Gasteiger partial charge on any atom is -0.311 e. The van der Waals surface area contributed by atoms with Gasteiger partial charge in [0.1, 0.15) is 0 Å². The van der Waals surface area contributed by atoms with Gasteiger partial charge in [-0.2, -0.15) is 0 Å². The van der Waals surface area contributed by atoms with Gasteiger partial charge in [-0.25, -0.2) is 0 Å². The van der Waals surface area contributed by atoms with Crippen LogP contribution in [0, 0.1) is 0 Å². The Labute approximate surface area is 760 Å². The molecule has 0 atom stereocenters. The maximum Gasteiger partial charge on any atom is 0.252 e. The molecule has 0 radical (unpaired) electrons. The number of fused-ring (bicyclic) bond motifs is 16. The van der Waals surface area contributed by atoms with Crippen LogP contribution in [0.15, 0.2) is 376 Å². The summed E-state index contributed by atoms with van der Waals surface area (Å²) in [4.78, 5) is 5.46. The second kappa shape index (κ2) is 28.8. The number of aromatic nitrogens is 2. The normalized spacial score (nSPS) is 14.2. The van der Waals surface area contributed by atoms with E-state index >= 15 is 0 Å². The Morgan fingerprint density at radius 2 is 0.535 bits per heavy atom. The van der Waals surface area contributed by atoms with E-state index < -0.39 is 10.8 Å². The average molecular weight is 1660 g/mol. The molecule has 129 heavy (non-hydrogen) atoms. The molecule has 0 saturated carbocycles. The molecule has 0 N–H and O–H groups in total. The highest BCUT2D eigenvalue weighted by atomic mass is 15.2. The lowest BCUT2D eigenvalue weighted by molar-refractivity contribution is 0.589. The molecule has 4 aliphatic rings. The number of benzene rings is 17. The average Bonchev–Trinajstić information content (AvgIpc) is 1.66. The summed E-state index contributed by atoms with van der Waals surface area (Å²) in [5, 5.41) is 4.86. The van der Waals surface area contributed by atoms with Crippen LogP contribution in [-0.4, -0.2) is 15.8 Å². The van der Waals surface area contributed by atoms with E-state index in [4.69, 9.17) is 0 Å². The van der Waals surface area contributed by atoms with E-state index in [1.165, 1.54) is 155 Å². The van der Waals surface area contributed by atoms with Crippen molar-refractivity contribution < 1.29 is 0 Å². The summed E-state index contributed by atoms with van der Waals surface area (Å²) >= 11 is 0. The van der Waals surface area contributed by atoms with Gasteiger partial charge in [0.15, 0.2) is 0 Å². The van der Waals surface area contributed by atoms with E-state index in [1.807, 2.05) is 0 Å². The molecule has 0 saturated heterocycles. The number of rotatable bonds is 10. The molecule has 2 aliphatic carbocycles. The zero-order valence-electron chi connectivity index (χ0n) is 76.7. The van der Waals surface area contributed by atoms with Crippen LogP contribution in [0.4, 0.5) is 34.1 Å². The molecule has 0 unspecified atom stereocenters. The van der Waals surface area contributed by atoms with Crippen molar-refractivity contribution in [2.75, 3.05) is 9.80 Å². The molecular weight excluding hydrogens is 1560 g/mol. The van der Waals surface area contributed by atoms with Crippen molar-refractivity contribution in [2.24, 2.45) is 0 Å². The van der Waals surface area contributed by atoms with Crippen molar-refractivity contribution in [2.45, 2.75) is 142 Å². The standard InChI is InChI=1S/C124H107BN4/c1-118(2,3)80-56-52-78(53-57-80)95-68-86(120(7,8)9)60-66-109(95)128-113-72-89(126-107-50-34-30-46-93(107)99-74-97-91-44-28-32-48-101(91)123(103(97)76-111(99)126,82-36-20-16-21-37-82)83-38-22-17-23-39-83)62-64-105(113)125-106-65-63-90(73-114(106)129(116-71-88(122(13,14)15)70-115(128)117(116)125)110-67-61-87(121(10,11)12)69-96(110)79-54-58-81(59-55-79)119(4,5)6)127-108-51-35-31-47-94(108)100-75-98-92-45-29-33-49-102(92)124(104(98)77-112(100)127,84-40-24-18-25-41-84)85-42-26-19-27-43-85/h16-77H,1-15H3. The highest BCUT2D eigenvalue weighted by Gasteiger charge is 2.51. The molecule has 2 aromatic heterocycles. The monoisotopic (exact) mass is 1660 g/mol. The molecule has 626 valence electrons. The first-order valence-corrected chi connectivity index (χ1v) is 46.3. The lowest BCUT2D eigenvalue weighted by Crippen LogP contribution is -2.61. The van der Waals surface area contributed by atoms with E-state index in [0.29, 0.717) is 0 Å². The summed E-state index contributed by atoms with van der Waals surface area (Å²) in [6.07, 6.45) is 0. The van der Waals surface area contributed by atoms with Gasteiger partial charge in [-0.05, 0) is 246 Å². The summed E-state index contributed by atoms with van der Waals surface area (Å²) in [6, 6.07) is 146. The van der Waals surface area contributed by atoms with Crippen LogP contribution in [0.2, 0.25) is 0 Å². The number of hydrogen-bond acceptors (Lipinski definition) is 2. The van der Waals surface area contributed by atoms with Gasteiger partial charge in [-0.1, -0.05) is 383 Å². The SMILES string of the molecule is CC(C)(C)c1ccc(-c2cc(C(C)(C)C)ccc2N2c3cc(-n4c5ccccc5c5cc6c(cc54)C(c4ccccc4)(c4ccccc4)c4ccccc4-6)ccc3B3c4ccc(-n5c6ccccc6c6cc7c(cc65)C(c5ccccc5)(c5ccccc5)c5ccccc5-7)cc4N(c4ccc(C(C)(C)C)cc4-c4ccc(C(C)(C)C)cc4)c4cc(C(C)(C)C)cc2c43)cc1. The second-order valence-corrected chi connectivity index (χ2v) is 42.0. The molecule has 5 heteroatoms. The molecule has 0 spiro atoms. The fourth-order valence-electron chi connectivity index (χ4n) is 22.7. The van der Waals surface area contributed by atoms with Crippen LogP contribution in [0.1, 0.15) is 176 Å². The first-order valence-electron chi connectivity index (χ1n) is 46.3. The fraction of sp³-hybridized carbons (Fsp3) is 0.177. The summed E-state index contributed by atoms with van der Waals surface area (Å²) in [6.45, 7) is 35.1. The van der Waals surface area contributed by atoms with Gasteiger partial charge >= 0.3 is 0 Å². The van der Waals surface area contributed by atoms with Crippen LogP contribution in [0.25, 0.3) is 99.5 Å². The van der Waals surface area contributed by atoms with Crippen molar-refractivity contribution in [3.8, 4) is 55.9 Å². The Morgan fingerprint density at radius 1 is 0.209 bits per heavy atom. The maximum absolute atomic E-state index is 2.73. The lowest BCUT2D eigenvalue weighted by atomic mass is 9.33. The molecule has 0 fully saturated rings. The largest absolute Gasteiger partial charge is 0.311 e. The number of nitrogens with zero attached hydrogens (tertiary/aromatic N) is 4. The highest BCUT2D eigenvalue weighted by Crippen LogP contribution is 2.61. The van der Waals surface area contributed by atoms with Gasteiger partial charge in [0.2, 0.25) is 0 Å². The molecular formula is C124H107BN4. The predicted molar refractivity (Wildman–Crippen MR) is 548 cm³/mol. The van der Waals surface area contributed by atoms with E-state index in [9.17, 15) is 0 Å². The minimum absolute atomic E-state index is 0.0552. The van der Waals surface area contributed by atoms with Crippen molar-refractivity contribution in [3.63, 3.8) is 0 Å². The predicted octanol–water partition coefficient (Wildman–Crippen LogP) is 30.5. The Kier molecular flexibility index (Phi) is 17.8. The topological polar surface area (TPSA) is 16.3 Å². The first-order chi connectivity index (χ1) is 62.1. The maximum atomic E-state index is 2.73. The molecule has 0 bridgehead atoms. The zero-order chi connectivity index (χ0) is 88.3. The van der Waals surface area contributed by atoms with Crippen LogP contribution in [0.3, 0.4) is 0 Å². The van der Waals surface area contributed by atoms with Gasteiger partial charge in [-0.15, -0.1) is 0 Å². The molecule has 17 aromatic carbocycles. The summed E-state index contributed by atoms with van der Waals surface area (Å²) in [5.74, 6) is 0. The van der Waals surface area contributed by atoms with E-state index in [2.05, 4.69) is 499 Å². The lowest BCUT2D eigenvalue weighted by Gasteiger charge is -2.46. The van der Waals surface area contributed by atoms with Gasteiger partial charge in [0.05, 0.1) is 44.3 Å². The van der Waals surface area contributed by atoms with Crippen LogP contribution < -0.4 is 26.2 Å². The fourth-order valence-corrected chi connectivity index (χ4v) is 22.7. The number of para-hydroxylation sites is 2. The van der Waals surface area contributed by atoms with Gasteiger partial charge < -0.3 is 18.9 Å². The first kappa shape index (κ1) is 79.6. The van der Waals surface area contributed by atoms with Crippen LogP contribution in [-0.2, 0) is 37.9 Å². The Bertz CT molecular complexity index is 7250. The van der Waals surface area contributed by atoms with Gasteiger partial charge in [-0.3, -0.25) is 0 Å². The van der Waals surface area contributed by atoms with E-state index in [0.717, 1.165) is 67.6 Å². The Hall–Kier alpha value is -14.0. The van der Waals surface area contributed by atoms with Crippen molar-refractivity contribution in [3.05, 3.63) is 448 Å². The Balaban J connectivity index is 0.840. The molecule has 4 nitrogen and oxygen atoms in total. The van der Waals surface area contributed by atoms with Crippen LogP contribution >= 0.6 is 0 Å². The third kappa shape index (κ3) is 12.1. The van der Waals surface area contributed by atoms with E-state index in [1.54, 1.807) is 0 Å². The zero-order valence-corrected chi connectivity index (χ0v) is 76.7. The third-order valence-electron chi connectivity index (χ3n) is 29.3. The summed E-state index contributed by atoms with van der Waals surface area (Å²) in [5.41, 5.74) is 41.6. The highest BCUT2D eigenvalue weighted by molar-refractivity contribution is 7.00. The number of anilines is 6. The smallest absolute Gasteiger partial charge is 0.252 e. The van der Waals surface area contributed by atoms with Crippen molar-refractivity contribution in [1.29, 1.82) is 0 Å². The van der Waals surface area contributed by atoms with E-state index in [-0.39, 0.29) is 33.8 Å². The molecule has 4 heterocycles. The quantitative estimate of drug-likeness (QED) is 0.127. The molecule has 23 rings (SSSR count). The molecule has 2 aliphatic heterocycles. The van der Waals surface area contributed by atoms with Gasteiger partial charge in [0, 0.05) is 66.8 Å². The van der Waals surface area contributed by atoms with Crippen LogP contribution in [0.5, 0.6) is 0 Å². The minimum atomic E-state index is -0.622. The molecule has 19 aromatic rings. The van der Waals surface area contributed by atoms with Crippen molar-refractivity contribution in [1.82, 2.24) is 9.13 Å². The molecule has 0 amide bonds. The third-order valence-corrected chi connectivity index (χ3v) is 29.3. The summed E-state index contributed by atoms with van der Waals surface area (Å²) < 4.78 is 5.22. The number of hydrogen-bond donors (Lipinski definition) is 0. The Morgan fingerprint density at radius 3 is 0.891 bits per heavy atom. The summed E-state index contributed by atoms with van der Waals surface area (Å²) in [7, 11) is 0. The second-order valence-electron chi connectivity index (χ2n) is 42.0. The van der Waals surface area contributed by atoms with Gasteiger partial charge in [0.25, 0.3) is 6.71 Å².